The number of fused-ring (bicyclic) bond motifs is 1. The van der Waals surface area contributed by atoms with Crippen molar-refractivity contribution in [1.29, 1.82) is 0 Å². The highest BCUT2D eigenvalue weighted by Crippen LogP contribution is 2.29. The molecular formula is C28H31N5O. The summed E-state index contributed by atoms with van der Waals surface area (Å²) in [5, 5.41) is 14.6. The van der Waals surface area contributed by atoms with Gasteiger partial charge in [0.2, 0.25) is 5.91 Å². The van der Waals surface area contributed by atoms with Gasteiger partial charge in [-0.2, -0.15) is 5.10 Å². The highest BCUT2D eigenvalue weighted by Gasteiger charge is 2.23. The van der Waals surface area contributed by atoms with E-state index in [2.05, 4.69) is 87.0 Å². The molecule has 6 nitrogen and oxygen atoms in total. The molecule has 1 unspecified atom stereocenters. The Labute approximate surface area is 201 Å². The Bertz CT molecular complexity index is 1210. The smallest absolute Gasteiger partial charge is 0.216 e. The second kappa shape index (κ2) is 10.1. The predicted octanol–water partition coefficient (Wildman–Crippen LogP) is 3.94. The topological polar surface area (TPSA) is 61.4 Å². The van der Waals surface area contributed by atoms with Gasteiger partial charge >= 0.3 is 0 Å². The Morgan fingerprint density at radius 2 is 1.65 bits per heavy atom. The quantitative estimate of drug-likeness (QED) is 0.613. The summed E-state index contributed by atoms with van der Waals surface area (Å²) in [4.78, 5) is 16.0. The molecule has 1 aliphatic carbocycles. The lowest BCUT2D eigenvalue weighted by Gasteiger charge is -2.38. The van der Waals surface area contributed by atoms with Crippen LogP contribution in [0.4, 0.5) is 5.82 Å². The van der Waals surface area contributed by atoms with E-state index < -0.39 is 0 Å². The van der Waals surface area contributed by atoms with Gasteiger partial charge in [0.05, 0.1) is 5.69 Å². The van der Waals surface area contributed by atoms with Crippen molar-refractivity contribution in [1.82, 2.24) is 20.4 Å². The lowest BCUT2D eigenvalue weighted by Crippen LogP contribution is -2.46. The van der Waals surface area contributed by atoms with E-state index in [0.29, 0.717) is 12.5 Å². The highest BCUT2D eigenvalue weighted by atomic mass is 16.1. The average Bonchev–Trinajstić information content (AvgIpc) is 2.89. The van der Waals surface area contributed by atoms with Crippen LogP contribution < -0.4 is 10.2 Å². The molecule has 3 aromatic rings. The molecule has 1 saturated heterocycles. The summed E-state index contributed by atoms with van der Waals surface area (Å²) in [6.07, 6.45) is 8.48. The molecule has 34 heavy (non-hydrogen) atoms. The van der Waals surface area contributed by atoms with E-state index in [1.807, 2.05) is 6.07 Å². The lowest BCUT2D eigenvalue weighted by molar-refractivity contribution is -0.119. The van der Waals surface area contributed by atoms with Crippen molar-refractivity contribution in [3.8, 4) is 0 Å². The number of allylic oxidation sites excluding steroid dienone is 2. The number of benzene rings is 2. The van der Waals surface area contributed by atoms with Crippen LogP contribution in [0.5, 0.6) is 0 Å². The van der Waals surface area contributed by atoms with Gasteiger partial charge in [-0.3, -0.25) is 4.79 Å². The number of anilines is 1. The fourth-order valence-corrected chi connectivity index (χ4v) is 4.79. The summed E-state index contributed by atoms with van der Waals surface area (Å²) in [5.74, 6) is 1.39. The molecule has 1 N–H and O–H groups in total. The molecule has 5 rings (SSSR count). The van der Waals surface area contributed by atoms with Crippen molar-refractivity contribution in [3.05, 3.63) is 89.8 Å². The van der Waals surface area contributed by atoms with Crippen molar-refractivity contribution in [3.63, 3.8) is 0 Å². The zero-order valence-corrected chi connectivity index (χ0v) is 19.7. The van der Waals surface area contributed by atoms with Crippen LogP contribution in [0.25, 0.3) is 10.8 Å². The van der Waals surface area contributed by atoms with Crippen molar-refractivity contribution in [2.45, 2.75) is 19.8 Å². The number of aromatic nitrogens is 2. The highest BCUT2D eigenvalue weighted by molar-refractivity contribution is 5.93. The number of carbonyl (C=O) groups is 1. The molecular weight excluding hydrogens is 422 g/mol. The van der Waals surface area contributed by atoms with E-state index in [9.17, 15) is 4.79 Å². The maximum Gasteiger partial charge on any atom is 0.216 e. The van der Waals surface area contributed by atoms with Crippen LogP contribution in [0.15, 0.2) is 78.5 Å². The van der Waals surface area contributed by atoms with Crippen LogP contribution in [-0.4, -0.2) is 53.7 Å². The van der Waals surface area contributed by atoms with E-state index >= 15 is 0 Å². The molecule has 6 heteroatoms. The van der Waals surface area contributed by atoms with E-state index in [1.165, 1.54) is 22.0 Å². The van der Waals surface area contributed by atoms with Gasteiger partial charge in [-0.25, -0.2) is 0 Å². The van der Waals surface area contributed by atoms with Gasteiger partial charge < -0.3 is 15.1 Å². The van der Waals surface area contributed by atoms with E-state index in [1.54, 1.807) is 6.92 Å². The van der Waals surface area contributed by atoms with Crippen molar-refractivity contribution < 1.29 is 4.79 Å². The van der Waals surface area contributed by atoms with E-state index in [-0.39, 0.29) is 5.91 Å². The molecule has 1 fully saturated rings. The third-order valence-electron chi connectivity index (χ3n) is 6.69. The maximum atomic E-state index is 11.2. The summed E-state index contributed by atoms with van der Waals surface area (Å²) in [6.45, 7) is 6.00. The van der Waals surface area contributed by atoms with Gasteiger partial charge in [-0.1, -0.05) is 66.7 Å². The summed E-state index contributed by atoms with van der Waals surface area (Å²) < 4.78 is 0. The van der Waals surface area contributed by atoms with Gasteiger partial charge in [0.15, 0.2) is 5.82 Å². The Hall–Kier alpha value is -3.67. The van der Waals surface area contributed by atoms with Gasteiger partial charge in [0.25, 0.3) is 0 Å². The first-order valence-electron chi connectivity index (χ1n) is 12.1. The summed E-state index contributed by atoms with van der Waals surface area (Å²) in [6, 6.07) is 19.0. The molecule has 0 saturated carbocycles. The maximum absolute atomic E-state index is 11.2. The number of piperazine rings is 1. The second-order valence-electron chi connectivity index (χ2n) is 9.07. The molecule has 2 aromatic carbocycles. The third kappa shape index (κ3) is 4.96. The van der Waals surface area contributed by atoms with Crippen LogP contribution in [0.1, 0.15) is 24.6 Å². The van der Waals surface area contributed by atoms with Gasteiger partial charge in [-0.15, -0.1) is 5.10 Å². The number of amides is 1. The van der Waals surface area contributed by atoms with E-state index in [0.717, 1.165) is 50.5 Å². The van der Waals surface area contributed by atoms with Gasteiger partial charge in [0.1, 0.15) is 0 Å². The molecule has 0 bridgehead atoms. The molecule has 1 amide bonds. The molecule has 1 atom stereocenters. The fraction of sp³-hybridized carbons (Fsp3) is 0.321. The van der Waals surface area contributed by atoms with Gasteiger partial charge in [-0.05, 0) is 24.0 Å². The molecule has 174 valence electrons. The standard InChI is InChI=1S/C28H31N5O/c1-21(34)29-20-23-11-13-24(14-12-23)32-15-17-33(18-16-32)28-26-10-6-5-9-25(26)27(30-31-28)19-22-7-3-2-4-8-22/h2-11,13-14,23H,12,15-20H2,1H3,(H,29,34). The number of hydrogen-bond acceptors (Lipinski definition) is 5. The minimum absolute atomic E-state index is 0.0306. The second-order valence-corrected chi connectivity index (χ2v) is 9.07. The number of nitrogens with zero attached hydrogens (tertiary/aromatic N) is 4. The van der Waals surface area contributed by atoms with Crippen LogP contribution in [-0.2, 0) is 11.2 Å². The summed E-state index contributed by atoms with van der Waals surface area (Å²) in [5.41, 5.74) is 3.56. The van der Waals surface area contributed by atoms with Crippen molar-refractivity contribution in [2.75, 3.05) is 37.6 Å². The third-order valence-corrected chi connectivity index (χ3v) is 6.69. The van der Waals surface area contributed by atoms with Crippen molar-refractivity contribution in [2.24, 2.45) is 5.92 Å². The Kier molecular flexibility index (Phi) is 6.56. The zero-order valence-electron chi connectivity index (χ0n) is 19.7. The SMILES string of the molecule is CC(=O)NCC1C=CC(N2CCN(c3nnc(Cc4ccccc4)c4ccccc34)CC2)=CC1. The first kappa shape index (κ1) is 22.1. The van der Waals surface area contributed by atoms with Crippen LogP contribution in [0, 0.1) is 5.92 Å². The molecule has 2 heterocycles. The minimum Gasteiger partial charge on any atom is -0.368 e. The van der Waals surface area contributed by atoms with Crippen LogP contribution in [0.3, 0.4) is 0 Å². The summed E-state index contributed by atoms with van der Waals surface area (Å²) in [7, 11) is 0. The Morgan fingerprint density at radius 1 is 0.941 bits per heavy atom. The predicted molar refractivity (Wildman–Crippen MR) is 137 cm³/mol. The minimum atomic E-state index is 0.0306. The number of nitrogens with one attached hydrogen (secondary N) is 1. The molecule has 1 aliphatic heterocycles. The molecule has 2 aliphatic rings. The Balaban J connectivity index is 1.26. The monoisotopic (exact) mass is 453 g/mol. The normalized spacial score (nSPS) is 18.1. The fourth-order valence-electron chi connectivity index (χ4n) is 4.79. The van der Waals surface area contributed by atoms with Crippen molar-refractivity contribution >= 4 is 22.5 Å². The largest absolute Gasteiger partial charge is 0.368 e. The molecule has 1 aromatic heterocycles. The summed E-state index contributed by atoms with van der Waals surface area (Å²) >= 11 is 0. The first-order valence-corrected chi connectivity index (χ1v) is 12.1. The number of rotatable bonds is 6. The number of hydrogen-bond donors (Lipinski definition) is 1. The lowest BCUT2D eigenvalue weighted by atomic mass is 9.98. The molecule has 0 radical (unpaired) electrons. The zero-order chi connectivity index (χ0) is 23.3. The van der Waals surface area contributed by atoms with Gasteiger partial charge in [0, 0.05) is 62.5 Å². The van der Waals surface area contributed by atoms with Crippen LogP contribution >= 0.6 is 0 Å². The molecule has 0 spiro atoms. The Morgan fingerprint density at radius 3 is 2.35 bits per heavy atom. The number of carbonyl (C=O) groups excluding carboxylic acids is 1. The van der Waals surface area contributed by atoms with E-state index in [4.69, 9.17) is 5.10 Å². The average molecular weight is 454 g/mol. The first-order chi connectivity index (χ1) is 16.7. The van der Waals surface area contributed by atoms with Crippen LogP contribution in [0.2, 0.25) is 0 Å².